The van der Waals surface area contributed by atoms with E-state index in [1.165, 1.54) is 18.3 Å². The topological polar surface area (TPSA) is 74.8 Å². The Hall–Kier alpha value is -2.79. The molecule has 0 fully saturated rings. The number of anilines is 3. The average Bonchev–Trinajstić information content (AvgIpc) is 2.65. The van der Waals surface area contributed by atoms with Gasteiger partial charge in [0.2, 0.25) is 11.9 Å². The van der Waals surface area contributed by atoms with E-state index in [2.05, 4.69) is 42.7 Å². The van der Waals surface area contributed by atoms with E-state index in [-0.39, 0.29) is 0 Å². The highest BCUT2D eigenvalue weighted by Gasteiger charge is 2.06. The third-order valence-corrected chi connectivity index (χ3v) is 3.33. The Labute approximate surface area is 151 Å². The molecule has 6 nitrogen and oxygen atoms in total. The van der Waals surface area contributed by atoms with Crippen LogP contribution in [0.3, 0.4) is 0 Å². The Kier molecular flexibility index (Phi) is 8.23. The molecule has 3 N–H and O–H groups in total. The lowest BCUT2D eigenvalue weighted by atomic mass is 10.2. The number of unbranched alkanes of at least 4 members (excludes halogenated alkanes) is 1. The van der Waals surface area contributed by atoms with Crippen LogP contribution in [0.5, 0.6) is 0 Å². The van der Waals surface area contributed by atoms with Crippen LogP contribution in [-0.2, 0) is 0 Å². The van der Waals surface area contributed by atoms with Gasteiger partial charge in [0.1, 0.15) is 5.82 Å². The maximum Gasteiger partial charge on any atom is 0.229 e. The van der Waals surface area contributed by atoms with Crippen molar-refractivity contribution in [2.24, 2.45) is 0 Å². The quantitative estimate of drug-likeness (QED) is 0.363. The summed E-state index contributed by atoms with van der Waals surface area (Å²) in [7, 11) is 1.90. The molecule has 0 aliphatic heterocycles. The maximum absolute atomic E-state index is 12.9. The van der Waals surface area contributed by atoms with E-state index in [0.29, 0.717) is 36.0 Å². The Morgan fingerprint density at radius 1 is 1.12 bits per heavy atom. The molecule has 138 valence electrons. The first-order valence-electron chi connectivity index (χ1n) is 8.42. The second-order valence-corrected chi connectivity index (χ2v) is 5.43. The van der Waals surface area contributed by atoms with Gasteiger partial charge in [0.25, 0.3) is 0 Å². The summed E-state index contributed by atoms with van der Waals surface area (Å²) < 4.78 is 25.2. The molecule has 0 amide bonds. The van der Waals surface area contributed by atoms with Crippen LogP contribution in [0.1, 0.15) is 24.8 Å². The summed E-state index contributed by atoms with van der Waals surface area (Å²) in [5.74, 6) is 6.43. The molecule has 0 saturated carbocycles. The maximum atomic E-state index is 12.9. The first-order valence-corrected chi connectivity index (χ1v) is 8.42. The number of hydrogen-bond donors (Lipinski definition) is 3. The molecule has 2 aromatic heterocycles. The summed E-state index contributed by atoms with van der Waals surface area (Å²) in [4.78, 5) is 12.2. The highest BCUT2D eigenvalue weighted by Crippen LogP contribution is 2.17. The van der Waals surface area contributed by atoms with Gasteiger partial charge in [0.05, 0.1) is 30.3 Å². The van der Waals surface area contributed by atoms with Crippen molar-refractivity contribution in [1.29, 1.82) is 0 Å². The minimum Gasteiger partial charge on any atom is -0.369 e. The van der Waals surface area contributed by atoms with Crippen LogP contribution in [0.15, 0.2) is 24.5 Å². The number of nitrogens with one attached hydrogen (secondary N) is 3. The zero-order valence-electron chi connectivity index (χ0n) is 14.6. The summed E-state index contributed by atoms with van der Waals surface area (Å²) in [6.07, 6.45) is 5.04. The van der Waals surface area contributed by atoms with Crippen LogP contribution in [0.25, 0.3) is 0 Å². The van der Waals surface area contributed by atoms with Crippen molar-refractivity contribution in [2.45, 2.75) is 19.3 Å². The molecule has 8 heteroatoms. The zero-order chi connectivity index (χ0) is 18.6. The zero-order valence-corrected chi connectivity index (χ0v) is 14.6. The van der Waals surface area contributed by atoms with Crippen LogP contribution in [0.2, 0.25) is 0 Å². The Balaban J connectivity index is 2.12. The summed E-state index contributed by atoms with van der Waals surface area (Å²) in [6.45, 7) is 0.941. The van der Waals surface area contributed by atoms with Crippen molar-refractivity contribution in [2.75, 3.05) is 37.4 Å². The number of nitrogens with zero attached hydrogens (tertiary/aromatic N) is 3. The number of aromatic nitrogens is 3. The van der Waals surface area contributed by atoms with Crippen molar-refractivity contribution in [3.05, 3.63) is 36.0 Å². The van der Waals surface area contributed by atoms with Crippen molar-refractivity contribution in [3.8, 4) is 11.8 Å². The molecule has 0 spiro atoms. The predicted molar refractivity (Wildman–Crippen MR) is 98.6 cm³/mol. The van der Waals surface area contributed by atoms with Gasteiger partial charge in [-0.15, -0.1) is 0 Å². The van der Waals surface area contributed by atoms with E-state index < -0.39 is 12.6 Å². The van der Waals surface area contributed by atoms with Crippen LogP contribution in [-0.4, -0.2) is 41.8 Å². The normalized spacial score (nSPS) is 10.1. The first kappa shape index (κ1) is 19.5. The van der Waals surface area contributed by atoms with Crippen LogP contribution in [0.4, 0.5) is 26.2 Å². The largest absolute Gasteiger partial charge is 0.369 e. The van der Waals surface area contributed by atoms with Gasteiger partial charge in [-0.05, 0) is 38.6 Å². The Morgan fingerprint density at radius 3 is 2.73 bits per heavy atom. The molecule has 26 heavy (non-hydrogen) atoms. The van der Waals surface area contributed by atoms with Crippen LogP contribution in [0, 0.1) is 17.8 Å². The molecule has 0 atom stereocenters. The number of alkyl halides is 1. The highest BCUT2D eigenvalue weighted by molar-refractivity contribution is 5.58. The van der Waals surface area contributed by atoms with E-state index in [1.807, 2.05) is 7.05 Å². The third-order valence-electron chi connectivity index (χ3n) is 3.33. The van der Waals surface area contributed by atoms with Gasteiger partial charge in [-0.3, -0.25) is 4.39 Å². The lowest BCUT2D eigenvalue weighted by molar-refractivity contribution is 0.481. The lowest BCUT2D eigenvalue weighted by Gasteiger charge is -2.10. The summed E-state index contributed by atoms with van der Waals surface area (Å²) >= 11 is 0. The summed E-state index contributed by atoms with van der Waals surface area (Å²) in [5.41, 5.74) is 1.21. The summed E-state index contributed by atoms with van der Waals surface area (Å²) in [5, 5.41) is 9.10. The predicted octanol–water partition coefficient (Wildman–Crippen LogP) is 2.88. The number of halogens is 2. The SMILES string of the molecule is CNCCCC#Cc1cnc(Nc2ccc(F)nc2)nc1NCCCF. The van der Waals surface area contributed by atoms with Gasteiger partial charge >= 0.3 is 0 Å². The van der Waals surface area contributed by atoms with E-state index in [4.69, 9.17) is 0 Å². The standard InChI is InChI=1S/C18H22F2N6/c1-21-10-4-2-3-6-14-12-24-18(26-17(14)22-11-5-9-19)25-15-7-8-16(20)23-13-15/h7-8,12-13,21H,2,4-5,9-11H2,1H3,(H2,22,24,25,26). The smallest absolute Gasteiger partial charge is 0.229 e. The van der Waals surface area contributed by atoms with Gasteiger partial charge in [-0.25, -0.2) is 9.97 Å². The third kappa shape index (κ3) is 6.61. The van der Waals surface area contributed by atoms with Crippen molar-refractivity contribution in [3.63, 3.8) is 0 Å². The second kappa shape index (κ2) is 10.9. The lowest BCUT2D eigenvalue weighted by Crippen LogP contribution is -2.08. The highest BCUT2D eigenvalue weighted by atomic mass is 19.1. The van der Waals surface area contributed by atoms with E-state index >= 15 is 0 Å². The van der Waals surface area contributed by atoms with Crippen molar-refractivity contribution in [1.82, 2.24) is 20.3 Å². The van der Waals surface area contributed by atoms with Crippen molar-refractivity contribution >= 4 is 17.5 Å². The van der Waals surface area contributed by atoms with Crippen molar-refractivity contribution < 1.29 is 8.78 Å². The second-order valence-electron chi connectivity index (χ2n) is 5.43. The monoisotopic (exact) mass is 360 g/mol. The van der Waals surface area contributed by atoms with E-state index in [1.54, 1.807) is 6.20 Å². The van der Waals surface area contributed by atoms with Gasteiger partial charge in [-0.2, -0.15) is 9.37 Å². The molecule has 0 aromatic carbocycles. The number of rotatable bonds is 9. The molecule has 0 aliphatic rings. The van der Waals surface area contributed by atoms with Gasteiger partial charge in [0.15, 0.2) is 0 Å². The van der Waals surface area contributed by atoms with Gasteiger partial charge < -0.3 is 16.0 Å². The molecule has 0 radical (unpaired) electrons. The minimum atomic E-state index is -0.561. The number of pyridine rings is 1. The Morgan fingerprint density at radius 2 is 2.00 bits per heavy atom. The van der Waals surface area contributed by atoms with Crippen LogP contribution >= 0.6 is 0 Å². The molecule has 2 rings (SSSR count). The number of hydrogen-bond acceptors (Lipinski definition) is 6. The molecule has 0 saturated heterocycles. The average molecular weight is 360 g/mol. The summed E-state index contributed by atoms with van der Waals surface area (Å²) in [6, 6.07) is 2.78. The fourth-order valence-corrected chi connectivity index (χ4v) is 2.03. The fourth-order valence-electron chi connectivity index (χ4n) is 2.03. The molecule has 0 aliphatic carbocycles. The fraction of sp³-hybridized carbons (Fsp3) is 0.389. The van der Waals surface area contributed by atoms with E-state index in [0.717, 1.165) is 19.4 Å². The van der Waals surface area contributed by atoms with E-state index in [9.17, 15) is 8.78 Å². The first-order chi connectivity index (χ1) is 12.7. The molecule has 0 unspecified atom stereocenters. The van der Waals surface area contributed by atoms with Gasteiger partial charge in [-0.1, -0.05) is 11.8 Å². The molecule has 2 heterocycles. The van der Waals surface area contributed by atoms with Gasteiger partial charge in [0, 0.05) is 13.0 Å². The molecular weight excluding hydrogens is 338 g/mol. The Bertz CT molecular complexity index is 740. The molecular formula is C18H22F2N6. The van der Waals surface area contributed by atoms with Crippen LogP contribution < -0.4 is 16.0 Å². The molecule has 0 bridgehead atoms. The minimum absolute atomic E-state index is 0.321. The molecule has 2 aromatic rings.